The van der Waals surface area contributed by atoms with Crippen LogP contribution in [-0.4, -0.2) is 25.3 Å². The predicted octanol–water partition coefficient (Wildman–Crippen LogP) is 4.00. The molecule has 1 aliphatic carbocycles. The third kappa shape index (κ3) is 6.19. The van der Waals surface area contributed by atoms with Crippen molar-refractivity contribution in [2.45, 2.75) is 72.3 Å². The summed E-state index contributed by atoms with van der Waals surface area (Å²) in [4.78, 5) is 0. The van der Waals surface area contributed by atoms with Crippen LogP contribution in [-0.2, 0) is 4.74 Å². The van der Waals surface area contributed by atoms with Gasteiger partial charge in [0.15, 0.2) is 0 Å². The Balaban J connectivity index is 2.22. The number of rotatable bonds is 7. The Morgan fingerprint density at radius 2 is 1.78 bits per heavy atom. The van der Waals surface area contributed by atoms with E-state index in [0.717, 1.165) is 19.1 Å². The first kappa shape index (κ1) is 16.0. The Morgan fingerprint density at radius 1 is 1.17 bits per heavy atom. The van der Waals surface area contributed by atoms with Crippen molar-refractivity contribution in [3.8, 4) is 0 Å². The zero-order valence-electron chi connectivity index (χ0n) is 13.1. The molecule has 0 amide bonds. The molecule has 1 N–H and O–H groups in total. The maximum Gasteiger partial charge on any atom is 0.0599 e. The molecular weight excluding hydrogens is 222 g/mol. The zero-order valence-corrected chi connectivity index (χ0v) is 13.1. The molecule has 0 spiro atoms. The molecule has 1 fully saturated rings. The van der Waals surface area contributed by atoms with E-state index in [1.807, 2.05) is 0 Å². The maximum atomic E-state index is 5.75. The molecule has 108 valence electrons. The summed E-state index contributed by atoms with van der Waals surface area (Å²) < 4.78 is 5.75. The highest BCUT2D eigenvalue weighted by atomic mass is 16.5. The molecule has 0 unspecified atom stereocenters. The summed E-state index contributed by atoms with van der Waals surface area (Å²) >= 11 is 0. The van der Waals surface area contributed by atoms with Gasteiger partial charge < -0.3 is 10.1 Å². The normalized spacial score (nSPS) is 19.7. The van der Waals surface area contributed by atoms with Crippen LogP contribution in [0.15, 0.2) is 0 Å². The van der Waals surface area contributed by atoms with Gasteiger partial charge in [-0.25, -0.2) is 0 Å². The summed E-state index contributed by atoms with van der Waals surface area (Å²) in [6.45, 7) is 14.0. The van der Waals surface area contributed by atoms with E-state index in [0.29, 0.717) is 5.41 Å². The Morgan fingerprint density at radius 3 is 2.28 bits per heavy atom. The third-order valence-electron chi connectivity index (χ3n) is 3.82. The van der Waals surface area contributed by atoms with Gasteiger partial charge in [0.1, 0.15) is 0 Å². The highest BCUT2D eigenvalue weighted by molar-refractivity contribution is 4.87. The molecular formula is C16H33NO. The molecule has 0 bridgehead atoms. The summed E-state index contributed by atoms with van der Waals surface area (Å²) in [7, 11) is 0. The van der Waals surface area contributed by atoms with Crippen molar-refractivity contribution >= 4 is 0 Å². The molecule has 0 atom stereocenters. The topological polar surface area (TPSA) is 21.3 Å². The Bertz CT molecular complexity index is 224. The smallest absolute Gasteiger partial charge is 0.0599 e. The standard InChI is InChI=1S/C16H33NO/c1-14(2)12-16(8-6-7-9-16)13-17-10-11-18-15(3,4)5/h14,17H,6-13H2,1-5H3. The van der Waals surface area contributed by atoms with Crippen LogP contribution < -0.4 is 5.32 Å². The first-order valence-electron chi connectivity index (χ1n) is 7.68. The molecule has 0 radical (unpaired) electrons. The van der Waals surface area contributed by atoms with Gasteiger partial charge >= 0.3 is 0 Å². The molecule has 1 rings (SSSR count). The minimum Gasteiger partial charge on any atom is -0.375 e. The van der Waals surface area contributed by atoms with Crippen molar-refractivity contribution in [1.29, 1.82) is 0 Å². The Kier molecular flexibility index (Phi) is 6.13. The Labute approximate surface area is 114 Å². The van der Waals surface area contributed by atoms with Crippen molar-refractivity contribution in [1.82, 2.24) is 5.32 Å². The second-order valence-electron chi connectivity index (χ2n) is 7.44. The lowest BCUT2D eigenvalue weighted by Gasteiger charge is -2.31. The van der Waals surface area contributed by atoms with Crippen molar-refractivity contribution in [2.75, 3.05) is 19.7 Å². The average molecular weight is 255 g/mol. The van der Waals surface area contributed by atoms with Gasteiger partial charge in [0.05, 0.1) is 12.2 Å². The van der Waals surface area contributed by atoms with Crippen molar-refractivity contribution in [3.05, 3.63) is 0 Å². The molecule has 1 aliphatic rings. The van der Waals surface area contributed by atoms with Crippen LogP contribution in [0.5, 0.6) is 0 Å². The summed E-state index contributed by atoms with van der Waals surface area (Å²) in [6.07, 6.45) is 7.05. The van der Waals surface area contributed by atoms with Gasteiger partial charge in [0, 0.05) is 13.1 Å². The summed E-state index contributed by atoms with van der Waals surface area (Å²) in [5.41, 5.74) is 0.570. The minimum atomic E-state index is -0.00927. The average Bonchev–Trinajstić information content (AvgIpc) is 2.63. The van der Waals surface area contributed by atoms with Crippen LogP contribution in [0.4, 0.5) is 0 Å². The molecule has 1 saturated carbocycles. The lowest BCUT2D eigenvalue weighted by atomic mass is 9.78. The van der Waals surface area contributed by atoms with Gasteiger partial charge in [0.2, 0.25) is 0 Å². The molecule has 18 heavy (non-hydrogen) atoms. The molecule has 0 aliphatic heterocycles. The fraction of sp³-hybridized carbons (Fsp3) is 1.00. The van der Waals surface area contributed by atoms with Crippen LogP contribution in [0.2, 0.25) is 0 Å². The SMILES string of the molecule is CC(C)CC1(CNCCOC(C)(C)C)CCCC1. The van der Waals surface area contributed by atoms with E-state index >= 15 is 0 Å². The number of hydrogen-bond acceptors (Lipinski definition) is 2. The van der Waals surface area contributed by atoms with Crippen LogP contribution in [0.25, 0.3) is 0 Å². The lowest BCUT2D eigenvalue weighted by molar-refractivity contribution is -0.00170. The summed E-state index contributed by atoms with van der Waals surface area (Å²) in [5, 5.41) is 3.62. The number of ether oxygens (including phenoxy) is 1. The van der Waals surface area contributed by atoms with Gasteiger partial charge in [-0.3, -0.25) is 0 Å². The minimum absolute atomic E-state index is 0.00927. The van der Waals surface area contributed by atoms with Gasteiger partial charge in [-0.15, -0.1) is 0 Å². The van der Waals surface area contributed by atoms with Gasteiger partial charge in [-0.05, 0) is 51.4 Å². The lowest BCUT2D eigenvalue weighted by Crippen LogP contribution is -2.36. The molecule has 0 saturated heterocycles. The fourth-order valence-corrected chi connectivity index (χ4v) is 3.23. The van der Waals surface area contributed by atoms with Crippen LogP contribution >= 0.6 is 0 Å². The second-order valence-corrected chi connectivity index (χ2v) is 7.44. The Hall–Kier alpha value is -0.0800. The van der Waals surface area contributed by atoms with Crippen molar-refractivity contribution in [3.63, 3.8) is 0 Å². The first-order chi connectivity index (χ1) is 8.33. The number of nitrogens with one attached hydrogen (secondary N) is 1. The van der Waals surface area contributed by atoms with Crippen LogP contribution in [0, 0.1) is 11.3 Å². The van der Waals surface area contributed by atoms with E-state index in [1.54, 1.807) is 0 Å². The van der Waals surface area contributed by atoms with E-state index in [4.69, 9.17) is 4.74 Å². The quantitative estimate of drug-likeness (QED) is 0.694. The summed E-state index contributed by atoms with van der Waals surface area (Å²) in [5.74, 6) is 0.815. The van der Waals surface area contributed by atoms with Crippen molar-refractivity contribution < 1.29 is 4.74 Å². The van der Waals surface area contributed by atoms with E-state index in [9.17, 15) is 0 Å². The molecule has 2 nitrogen and oxygen atoms in total. The van der Waals surface area contributed by atoms with Gasteiger partial charge in [-0.2, -0.15) is 0 Å². The van der Waals surface area contributed by atoms with Crippen molar-refractivity contribution in [2.24, 2.45) is 11.3 Å². The maximum absolute atomic E-state index is 5.75. The van der Waals surface area contributed by atoms with E-state index in [-0.39, 0.29) is 5.60 Å². The largest absolute Gasteiger partial charge is 0.375 e. The number of hydrogen-bond donors (Lipinski definition) is 1. The molecule has 0 aromatic heterocycles. The first-order valence-corrected chi connectivity index (χ1v) is 7.68. The highest BCUT2D eigenvalue weighted by Gasteiger charge is 2.33. The highest BCUT2D eigenvalue weighted by Crippen LogP contribution is 2.42. The molecule has 0 heterocycles. The third-order valence-corrected chi connectivity index (χ3v) is 3.82. The van der Waals surface area contributed by atoms with E-state index in [1.165, 1.54) is 38.6 Å². The van der Waals surface area contributed by atoms with Crippen LogP contribution in [0.3, 0.4) is 0 Å². The molecule has 2 heteroatoms. The van der Waals surface area contributed by atoms with E-state index in [2.05, 4.69) is 39.9 Å². The fourth-order valence-electron chi connectivity index (χ4n) is 3.23. The monoisotopic (exact) mass is 255 g/mol. The molecule has 0 aromatic carbocycles. The van der Waals surface area contributed by atoms with Gasteiger partial charge in [-0.1, -0.05) is 26.7 Å². The predicted molar refractivity (Wildman–Crippen MR) is 78.9 cm³/mol. The van der Waals surface area contributed by atoms with Crippen LogP contribution in [0.1, 0.15) is 66.7 Å². The van der Waals surface area contributed by atoms with E-state index < -0.39 is 0 Å². The second kappa shape index (κ2) is 6.91. The summed E-state index contributed by atoms with van der Waals surface area (Å²) in [6, 6.07) is 0. The van der Waals surface area contributed by atoms with Gasteiger partial charge in [0.25, 0.3) is 0 Å². The zero-order chi connectivity index (χ0) is 13.6. The molecule has 0 aromatic rings.